The number of H-pyrrole nitrogens is 1. The van der Waals surface area contributed by atoms with Crippen molar-refractivity contribution in [3.8, 4) is 11.1 Å². The summed E-state index contributed by atoms with van der Waals surface area (Å²) in [6.45, 7) is 0. The molecular formula is C15H10N2O5S. The molecule has 116 valence electrons. The van der Waals surface area contributed by atoms with Gasteiger partial charge in [0, 0.05) is 28.6 Å². The Morgan fingerprint density at radius 3 is 2.83 bits per heavy atom. The van der Waals surface area contributed by atoms with Gasteiger partial charge in [-0.05, 0) is 23.1 Å². The van der Waals surface area contributed by atoms with Crippen LogP contribution in [0.4, 0.5) is 5.69 Å². The zero-order valence-electron chi connectivity index (χ0n) is 11.9. The first-order chi connectivity index (χ1) is 11.0. The van der Waals surface area contributed by atoms with Gasteiger partial charge in [-0.3, -0.25) is 14.9 Å². The number of aromatic nitrogens is 1. The second-order valence-corrected chi connectivity index (χ2v) is 5.63. The predicted molar refractivity (Wildman–Crippen MR) is 85.9 cm³/mol. The summed E-state index contributed by atoms with van der Waals surface area (Å²) in [5.74, 6) is -0.665. The Bertz CT molecular complexity index is 989. The number of non-ortho nitro benzene ring substituents is 1. The van der Waals surface area contributed by atoms with Gasteiger partial charge in [-0.25, -0.2) is 4.79 Å². The second-order valence-electron chi connectivity index (χ2n) is 4.71. The van der Waals surface area contributed by atoms with E-state index >= 15 is 0 Å². The molecular weight excluding hydrogens is 320 g/mol. The molecule has 0 aliphatic rings. The number of nitrogens with zero attached hydrogens (tertiary/aromatic N) is 1. The Labute approximate surface area is 133 Å². The van der Waals surface area contributed by atoms with Gasteiger partial charge >= 0.3 is 5.97 Å². The Morgan fingerprint density at radius 2 is 2.13 bits per heavy atom. The van der Waals surface area contributed by atoms with Gasteiger partial charge in [0.05, 0.1) is 23.0 Å². The van der Waals surface area contributed by atoms with E-state index in [1.165, 1.54) is 36.8 Å². The molecule has 1 N–H and O–H groups in total. The van der Waals surface area contributed by atoms with E-state index in [1.807, 2.05) is 0 Å². The Morgan fingerprint density at radius 1 is 1.35 bits per heavy atom. The van der Waals surface area contributed by atoms with Crippen LogP contribution in [0.1, 0.15) is 10.4 Å². The lowest BCUT2D eigenvalue weighted by Gasteiger charge is -2.06. The van der Waals surface area contributed by atoms with E-state index in [9.17, 15) is 19.7 Å². The van der Waals surface area contributed by atoms with Gasteiger partial charge in [0.15, 0.2) is 0 Å². The first kappa shape index (κ1) is 14.9. The zero-order chi connectivity index (χ0) is 16.6. The van der Waals surface area contributed by atoms with Crippen molar-refractivity contribution >= 4 is 33.1 Å². The van der Waals surface area contributed by atoms with Gasteiger partial charge in [-0.2, -0.15) is 0 Å². The fourth-order valence-corrected chi connectivity index (χ4v) is 3.23. The topological polar surface area (TPSA) is 102 Å². The molecule has 0 unspecified atom stereocenters. The number of rotatable bonds is 3. The van der Waals surface area contributed by atoms with Crippen LogP contribution in [0.2, 0.25) is 0 Å². The Kier molecular flexibility index (Phi) is 3.67. The number of aromatic amines is 1. The number of pyridine rings is 1. The van der Waals surface area contributed by atoms with Crippen molar-refractivity contribution in [3.63, 3.8) is 0 Å². The van der Waals surface area contributed by atoms with E-state index in [1.54, 1.807) is 11.4 Å². The van der Waals surface area contributed by atoms with Crippen molar-refractivity contribution in [3.05, 3.63) is 61.9 Å². The van der Waals surface area contributed by atoms with Crippen LogP contribution in [0, 0.1) is 10.1 Å². The number of hydrogen-bond donors (Lipinski definition) is 1. The number of benzene rings is 1. The molecule has 1 aromatic carbocycles. The minimum atomic E-state index is -0.665. The van der Waals surface area contributed by atoms with E-state index < -0.39 is 10.9 Å². The number of methoxy groups -OCH3 is 1. The summed E-state index contributed by atoms with van der Waals surface area (Å²) in [7, 11) is 1.21. The average Bonchev–Trinajstić information content (AvgIpc) is 3.04. The molecule has 0 saturated carbocycles. The van der Waals surface area contributed by atoms with E-state index in [0.29, 0.717) is 21.2 Å². The van der Waals surface area contributed by atoms with E-state index in [0.717, 1.165) is 6.07 Å². The molecule has 2 aromatic heterocycles. The highest BCUT2D eigenvalue weighted by molar-refractivity contribution is 7.17. The number of esters is 1. The van der Waals surface area contributed by atoms with Gasteiger partial charge in [0.1, 0.15) is 0 Å². The van der Waals surface area contributed by atoms with Crippen LogP contribution >= 0.6 is 11.3 Å². The lowest BCUT2D eigenvalue weighted by Crippen LogP contribution is -2.05. The van der Waals surface area contributed by atoms with Crippen molar-refractivity contribution in [2.45, 2.75) is 0 Å². The largest absolute Gasteiger partial charge is 0.465 e. The predicted octanol–water partition coefficient (Wildman–Crippen LogP) is 2.95. The molecule has 0 atom stereocenters. The van der Waals surface area contributed by atoms with Crippen molar-refractivity contribution < 1.29 is 14.5 Å². The number of nitrogens with one attached hydrogen (secondary N) is 1. The number of ether oxygens (including phenoxy) is 1. The highest BCUT2D eigenvalue weighted by atomic mass is 32.1. The first-order valence-corrected chi connectivity index (χ1v) is 7.36. The van der Waals surface area contributed by atoms with Crippen LogP contribution in [0.25, 0.3) is 21.2 Å². The number of fused-ring (bicyclic) bond motifs is 1. The summed E-state index contributed by atoms with van der Waals surface area (Å²) in [5.41, 5.74) is 0.696. The maximum atomic E-state index is 11.8. The lowest BCUT2D eigenvalue weighted by atomic mass is 10.0. The summed E-state index contributed by atoms with van der Waals surface area (Å²) in [5, 5.41) is 13.4. The standard InChI is InChI=1S/C15H10N2O5S/c1-22-15(19)9-4-8(5-10(6-9)17(20)21)12-7-16-14(18)11-2-3-23-13(11)12/h2-7H,1H3,(H,16,18). The van der Waals surface area contributed by atoms with Gasteiger partial charge in [-0.15, -0.1) is 11.3 Å². The molecule has 0 aliphatic carbocycles. The number of carbonyl (C=O) groups excluding carboxylic acids is 1. The maximum absolute atomic E-state index is 11.8. The molecule has 23 heavy (non-hydrogen) atoms. The minimum absolute atomic E-state index is 0.0765. The number of nitro groups is 1. The molecule has 0 amide bonds. The monoisotopic (exact) mass is 330 g/mol. The third-order valence-corrected chi connectivity index (χ3v) is 4.31. The number of hydrogen-bond acceptors (Lipinski definition) is 6. The Balaban J connectivity index is 2.29. The zero-order valence-corrected chi connectivity index (χ0v) is 12.7. The molecule has 2 heterocycles. The second kappa shape index (κ2) is 5.65. The van der Waals surface area contributed by atoms with Crippen LogP contribution in [0.15, 0.2) is 40.6 Å². The summed E-state index contributed by atoms with van der Waals surface area (Å²) in [6.07, 6.45) is 1.49. The third-order valence-electron chi connectivity index (χ3n) is 3.36. The van der Waals surface area contributed by atoms with Crippen LogP contribution in [0.5, 0.6) is 0 Å². The van der Waals surface area contributed by atoms with Crippen molar-refractivity contribution in [1.29, 1.82) is 0 Å². The third kappa shape index (κ3) is 2.59. The normalized spacial score (nSPS) is 10.7. The summed E-state index contributed by atoms with van der Waals surface area (Å²) >= 11 is 1.35. The number of nitro benzene ring substituents is 1. The molecule has 3 rings (SSSR count). The molecule has 0 spiro atoms. The molecule has 0 radical (unpaired) electrons. The Hall–Kier alpha value is -3.00. The highest BCUT2D eigenvalue weighted by Crippen LogP contribution is 2.33. The molecule has 8 heteroatoms. The first-order valence-electron chi connectivity index (χ1n) is 6.48. The molecule has 0 saturated heterocycles. The van der Waals surface area contributed by atoms with Crippen LogP contribution in [0.3, 0.4) is 0 Å². The summed E-state index contributed by atoms with van der Waals surface area (Å²) < 4.78 is 5.34. The summed E-state index contributed by atoms with van der Waals surface area (Å²) in [6, 6.07) is 5.71. The minimum Gasteiger partial charge on any atom is -0.465 e. The smallest absolute Gasteiger partial charge is 0.338 e. The van der Waals surface area contributed by atoms with Gasteiger partial charge < -0.3 is 9.72 Å². The van der Waals surface area contributed by atoms with Crippen molar-refractivity contribution in [2.75, 3.05) is 7.11 Å². The van der Waals surface area contributed by atoms with Gasteiger partial charge in [0.25, 0.3) is 11.2 Å². The van der Waals surface area contributed by atoms with Gasteiger partial charge in [0.2, 0.25) is 0 Å². The maximum Gasteiger partial charge on any atom is 0.338 e. The van der Waals surface area contributed by atoms with Crippen molar-refractivity contribution in [2.24, 2.45) is 0 Å². The van der Waals surface area contributed by atoms with Gasteiger partial charge in [-0.1, -0.05) is 0 Å². The van der Waals surface area contributed by atoms with Crippen molar-refractivity contribution in [1.82, 2.24) is 4.98 Å². The van der Waals surface area contributed by atoms with E-state index in [-0.39, 0.29) is 16.8 Å². The molecule has 0 aliphatic heterocycles. The number of thiophene rings is 1. The summed E-state index contributed by atoms with van der Waals surface area (Å²) in [4.78, 5) is 36.7. The molecule has 7 nitrogen and oxygen atoms in total. The van der Waals surface area contributed by atoms with E-state index in [2.05, 4.69) is 9.72 Å². The molecule has 0 bridgehead atoms. The quantitative estimate of drug-likeness (QED) is 0.452. The fraction of sp³-hybridized carbons (Fsp3) is 0.0667. The van der Waals surface area contributed by atoms with Crippen LogP contribution in [-0.4, -0.2) is 23.0 Å². The fourth-order valence-electron chi connectivity index (χ4n) is 2.30. The highest BCUT2D eigenvalue weighted by Gasteiger charge is 2.17. The average molecular weight is 330 g/mol. The van der Waals surface area contributed by atoms with Crippen LogP contribution < -0.4 is 5.56 Å². The number of carbonyl (C=O) groups is 1. The van der Waals surface area contributed by atoms with E-state index in [4.69, 9.17) is 0 Å². The molecule has 3 aromatic rings. The lowest BCUT2D eigenvalue weighted by molar-refractivity contribution is -0.384. The molecule has 0 fully saturated rings. The van der Waals surface area contributed by atoms with Crippen LogP contribution in [-0.2, 0) is 4.74 Å². The SMILES string of the molecule is COC(=O)c1cc(-c2c[nH]c(=O)c3ccsc23)cc([N+](=O)[O-])c1.